The fraction of sp³-hybridized carbons (Fsp3) is 0.286. The van der Waals surface area contributed by atoms with Gasteiger partial charge in [-0.1, -0.05) is 12.1 Å². The van der Waals surface area contributed by atoms with Gasteiger partial charge in [-0.15, -0.1) is 0 Å². The first-order valence-corrected chi connectivity index (χ1v) is 9.16. The first-order chi connectivity index (χ1) is 13.4. The number of ketones is 1. The molecule has 1 aliphatic heterocycles. The molecule has 144 valence electrons. The number of imidazole rings is 1. The predicted octanol–water partition coefficient (Wildman–Crippen LogP) is 2.70. The van der Waals surface area contributed by atoms with E-state index in [1.165, 1.54) is 0 Å². The van der Waals surface area contributed by atoms with Crippen LogP contribution in [0.15, 0.2) is 42.5 Å². The van der Waals surface area contributed by atoms with Gasteiger partial charge in [0.15, 0.2) is 11.9 Å². The van der Waals surface area contributed by atoms with Crippen LogP contribution < -0.4 is 10.1 Å². The second-order valence-electron chi connectivity index (χ2n) is 7.22. The lowest BCUT2D eigenvalue weighted by Gasteiger charge is -2.23. The molecule has 7 heteroatoms. The number of amides is 1. The lowest BCUT2D eigenvalue weighted by Crippen LogP contribution is -2.34. The van der Waals surface area contributed by atoms with Crippen LogP contribution in [0.4, 0.5) is 5.69 Å². The number of nitrogens with zero attached hydrogens (tertiary/aromatic N) is 3. The molecule has 1 aromatic heterocycles. The first kappa shape index (κ1) is 18.2. The number of hydrogen-bond donors (Lipinski definition) is 1. The number of fused-ring (bicyclic) bond motifs is 2. The Bertz CT molecular complexity index is 1070. The van der Waals surface area contributed by atoms with E-state index in [9.17, 15) is 9.59 Å². The third kappa shape index (κ3) is 3.36. The van der Waals surface area contributed by atoms with E-state index < -0.39 is 6.10 Å². The summed E-state index contributed by atoms with van der Waals surface area (Å²) in [5.74, 6) is 1.14. The number of carbonyl (C=O) groups excluding carboxylic acids is 2. The fourth-order valence-electron chi connectivity index (χ4n) is 3.32. The average molecular weight is 378 g/mol. The first-order valence-electron chi connectivity index (χ1n) is 9.16. The smallest absolute Gasteiger partial charge is 0.265 e. The van der Waals surface area contributed by atoms with Gasteiger partial charge in [0.1, 0.15) is 11.6 Å². The number of ether oxygens (including phenoxy) is 1. The number of anilines is 1. The molecule has 0 radical (unpaired) electrons. The van der Waals surface area contributed by atoms with E-state index in [1.54, 1.807) is 25.1 Å². The Kier molecular flexibility index (Phi) is 4.60. The second-order valence-corrected chi connectivity index (χ2v) is 7.22. The number of benzene rings is 2. The Morgan fingerprint density at radius 3 is 2.82 bits per heavy atom. The predicted molar refractivity (Wildman–Crippen MR) is 107 cm³/mol. The van der Waals surface area contributed by atoms with Gasteiger partial charge >= 0.3 is 0 Å². The van der Waals surface area contributed by atoms with Crippen LogP contribution >= 0.6 is 0 Å². The van der Waals surface area contributed by atoms with E-state index in [0.29, 0.717) is 23.5 Å². The number of carbonyl (C=O) groups is 2. The number of hydrogen-bond acceptors (Lipinski definition) is 5. The maximum atomic E-state index is 13.0. The summed E-state index contributed by atoms with van der Waals surface area (Å²) < 4.78 is 7.51. The Labute approximate surface area is 162 Å². The van der Waals surface area contributed by atoms with Gasteiger partial charge < -0.3 is 19.5 Å². The van der Waals surface area contributed by atoms with Crippen LogP contribution in [0.25, 0.3) is 11.0 Å². The molecule has 0 bridgehead atoms. The monoisotopic (exact) mass is 378 g/mol. The third-order valence-electron chi connectivity index (χ3n) is 4.73. The largest absolute Gasteiger partial charge is 0.479 e. The van der Waals surface area contributed by atoms with Crippen molar-refractivity contribution in [3.05, 3.63) is 53.9 Å². The summed E-state index contributed by atoms with van der Waals surface area (Å²) in [6.45, 7) is 2.50. The summed E-state index contributed by atoms with van der Waals surface area (Å²) in [6.07, 6.45) is -0.542. The van der Waals surface area contributed by atoms with Crippen molar-refractivity contribution in [1.29, 1.82) is 0 Å². The topological polar surface area (TPSA) is 76.5 Å². The Morgan fingerprint density at radius 2 is 2.04 bits per heavy atom. The highest BCUT2D eigenvalue weighted by Gasteiger charge is 2.24. The summed E-state index contributed by atoms with van der Waals surface area (Å²) in [4.78, 5) is 31.6. The molecule has 3 aromatic rings. The van der Waals surface area contributed by atoms with Crippen LogP contribution in [-0.2, 0) is 17.9 Å². The van der Waals surface area contributed by atoms with Crippen LogP contribution in [-0.4, -0.2) is 46.3 Å². The van der Waals surface area contributed by atoms with Gasteiger partial charge in [-0.3, -0.25) is 9.59 Å². The summed E-state index contributed by atoms with van der Waals surface area (Å²) in [7, 11) is 3.94. The van der Waals surface area contributed by atoms with Crippen LogP contribution in [0, 0.1) is 0 Å². The molecule has 7 nitrogen and oxygen atoms in total. The van der Waals surface area contributed by atoms with Crippen molar-refractivity contribution in [1.82, 2.24) is 14.5 Å². The van der Waals surface area contributed by atoms with Crippen LogP contribution in [0.1, 0.15) is 23.1 Å². The molecule has 0 spiro atoms. The molecule has 2 aromatic carbocycles. The molecule has 1 amide bonds. The van der Waals surface area contributed by atoms with Crippen molar-refractivity contribution >= 4 is 28.4 Å². The summed E-state index contributed by atoms with van der Waals surface area (Å²) in [6, 6.07) is 12.9. The van der Waals surface area contributed by atoms with E-state index in [1.807, 2.05) is 47.8 Å². The van der Waals surface area contributed by atoms with Crippen molar-refractivity contribution in [3.63, 3.8) is 0 Å². The van der Waals surface area contributed by atoms with Gasteiger partial charge in [0.25, 0.3) is 5.91 Å². The molecule has 2 heterocycles. The van der Waals surface area contributed by atoms with E-state index in [0.717, 1.165) is 16.9 Å². The van der Waals surface area contributed by atoms with Crippen molar-refractivity contribution in [2.45, 2.75) is 26.1 Å². The zero-order chi connectivity index (χ0) is 19.8. The van der Waals surface area contributed by atoms with Crippen molar-refractivity contribution < 1.29 is 14.3 Å². The van der Waals surface area contributed by atoms with E-state index in [4.69, 9.17) is 4.74 Å². The Hall–Kier alpha value is -3.19. The number of Topliss-reactive ketones (excluding diaryl/α,β-unsaturated/α-hetero) is 1. The van der Waals surface area contributed by atoms with Crippen LogP contribution in [0.5, 0.6) is 5.75 Å². The van der Waals surface area contributed by atoms with Crippen molar-refractivity contribution in [2.24, 2.45) is 0 Å². The van der Waals surface area contributed by atoms with Gasteiger partial charge in [-0.05, 0) is 51.4 Å². The average Bonchev–Trinajstić information content (AvgIpc) is 2.99. The molecule has 0 aliphatic carbocycles. The minimum atomic E-state index is -0.542. The zero-order valence-electron chi connectivity index (χ0n) is 16.1. The highest BCUT2D eigenvalue weighted by Crippen LogP contribution is 2.31. The second kappa shape index (κ2) is 7.09. The molecular weight excluding hydrogens is 356 g/mol. The standard InChI is InChI=1S/C21H22N4O3/c1-13-21(27)23-16-10-14(8-9-19(16)28-13)18(26)11-25-17-7-5-4-6-15(17)22-20(25)12-24(2)3/h4-10,13H,11-12H2,1-3H3,(H,23,27). The number of rotatable bonds is 5. The third-order valence-corrected chi connectivity index (χ3v) is 4.73. The molecular formula is C21H22N4O3. The maximum absolute atomic E-state index is 13.0. The van der Waals surface area contributed by atoms with Crippen molar-refractivity contribution in [2.75, 3.05) is 19.4 Å². The van der Waals surface area contributed by atoms with Crippen LogP contribution in [0.2, 0.25) is 0 Å². The van der Waals surface area contributed by atoms with Gasteiger partial charge in [0.2, 0.25) is 0 Å². The van der Waals surface area contributed by atoms with Gasteiger partial charge in [-0.25, -0.2) is 4.98 Å². The normalized spacial score (nSPS) is 16.0. The van der Waals surface area contributed by atoms with E-state index >= 15 is 0 Å². The highest BCUT2D eigenvalue weighted by molar-refractivity contribution is 6.01. The SMILES string of the molecule is CC1Oc2ccc(C(=O)Cn3c(CN(C)C)nc4ccccc43)cc2NC1=O. The Morgan fingerprint density at radius 1 is 1.25 bits per heavy atom. The lowest BCUT2D eigenvalue weighted by molar-refractivity contribution is -0.122. The van der Waals surface area contributed by atoms with E-state index in [-0.39, 0.29) is 18.2 Å². The van der Waals surface area contributed by atoms with Gasteiger partial charge in [0, 0.05) is 5.56 Å². The summed E-state index contributed by atoms with van der Waals surface area (Å²) in [5, 5.41) is 2.79. The zero-order valence-corrected chi connectivity index (χ0v) is 16.1. The minimum Gasteiger partial charge on any atom is -0.479 e. The number of para-hydroxylation sites is 2. The minimum absolute atomic E-state index is 0.0566. The molecule has 0 saturated carbocycles. The molecule has 0 saturated heterocycles. The summed E-state index contributed by atoms with van der Waals surface area (Å²) >= 11 is 0. The molecule has 1 atom stereocenters. The van der Waals surface area contributed by atoms with E-state index in [2.05, 4.69) is 10.3 Å². The molecule has 4 rings (SSSR count). The quantitative estimate of drug-likeness (QED) is 0.691. The Balaban J connectivity index is 1.66. The maximum Gasteiger partial charge on any atom is 0.265 e. The molecule has 1 N–H and O–H groups in total. The molecule has 0 fully saturated rings. The molecule has 1 unspecified atom stereocenters. The van der Waals surface area contributed by atoms with Crippen molar-refractivity contribution in [3.8, 4) is 5.75 Å². The highest BCUT2D eigenvalue weighted by atomic mass is 16.5. The lowest BCUT2D eigenvalue weighted by atomic mass is 10.1. The molecule has 28 heavy (non-hydrogen) atoms. The van der Waals surface area contributed by atoms with Gasteiger partial charge in [-0.2, -0.15) is 0 Å². The van der Waals surface area contributed by atoms with Gasteiger partial charge in [0.05, 0.1) is 29.8 Å². The number of aromatic nitrogens is 2. The molecule has 1 aliphatic rings. The summed E-state index contributed by atoms with van der Waals surface area (Å²) in [5.41, 5.74) is 2.84. The number of nitrogens with one attached hydrogen (secondary N) is 1. The van der Waals surface area contributed by atoms with Crippen LogP contribution in [0.3, 0.4) is 0 Å². The fourth-order valence-corrected chi connectivity index (χ4v) is 3.32.